The van der Waals surface area contributed by atoms with Gasteiger partial charge >= 0.3 is 21.8 Å². The molecule has 1 aliphatic rings. The van der Waals surface area contributed by atoms with Gasteiger partial charge in [0.15, 0.2) is 69.8 Å². The topological polar surface area (TPSA) is 9.72 Å². The van der Waals surface area contributed by atoms with E-state index in [9.17, 15) is 65.9 Å². The smallest absolute Gasteiger partial charge is 0.292 e. The van der Waals surface area contributed by atoms with E-state index in [1.807, 2.05) is 0 Å². The van der Waals surface area contributed by atoms with Crippen molar-refractivity contribution in [3.05, 3.63) is 104 Å². The van der Waals surface area contributed by atoms with Crippen molar-refractivity contribution in [1.29, 1.82) is 0 Å². The minimum Gasteiger partial charge on any atom is -0.292 e. The number of hydrogen-bond donors (Lipinski definition) is 0. The average molecular weight is 675 g/mol. The standard InChI is InChI=1S/C21H6B3F18N3/c25-7-4(8(26)14(32)19(37)13(7)31)1-43-22(40)44(2-5-9(27)15(33)20(38)16(34)10(5)28)24(42)45(23(43)41)3-6-11(29)17(35)21(39)18(36)12(6)30/h1-3H2. The molecule has 0 unspecified atom stereocenters. The maximum Gasteiger partial charge on any atom is 0.505 e. The van der Waals surface area contributed by atoms with Crippen LogP contribution in [0.25, 0.3) is 0 Å². The van der Waals surface area contributed by atoms with Gasteiger partial charge in [0.05, 0.1) is 0 Å². The minimum atomic E-state index is -3.70. The van der Waals surface area contributed by atoms with Gasteiger partial charge in [0.1, 0.15) is 0 Å². The van der Waals surface area contributed by atoms with Gasteiger partial charge in [-0.25, -0.2) is 65.9 Å². The molecule has 3 aromatic carbocycles. The fraction of sp³-hybridized carbons (Fsp3) is 0.143. The Kier molecular flexibility index (Phi) is 9.42. The van der Waals surface area contributed by atoms with E-state index in [4.69, 9.17) is 0 Å². The van der Waals surface area contributed by atoms with Crippen molar-refractivity contribution < 1.29 is 78.8 Å². The van der Waals surface area contributed by atoms with Crippen LogP contribution in [0.3, 0.4) is 0 Å². The summed E-state index contributed by atoms with van der Waals surface area (Å²) in [4.78, 5) is 0. The molecule has 0 radical (unpaired) electrons. The first-order valence-corrected chi connectivity index (χ1v) is 11.5. The van der Waals surface area contributed by atoms with Crippen molar-refractivity contribution in [3.63, 3.8) is 0 Å². The third-order valence-corrected chi connectivity index (χ3v) is 6.57. The van der Waals surface area contributed by atoms with Gasteiger partial charge in [-0.2, -0.15) is 0 Å². The molecule has 0 saturated carbocycles. The molecule has 0 aliphatic carbocycles. The molecule has 1 heterocycles. The molecule has 1 saturated heterocycles. The molecule has 3 aromatic rings. The molecule has 0 atom stereocenters. The Morgan fingerprint density at radius 1 is 0.267 bits per heavy atom. The summed E-state index contributed by atoms with van der Waals surface area (Å²) in [7, 11) is -11.1. The number of halogens is 18. The molecular formula is C21H6B3F18N3. The molecule has 240 valence electrons. The van der Waals surface area contributed by atoms with Crippen molar-refractivity contribution in [2.45, 2.75) is 19.6 Å². The summed E-state index contributed by atoms with van der Waals surface area (Å²) < 4.78 is 253. The lowest BCUT2D eigenvalue weighted by Crippen LogP contribution is -2.73. The van der Waals surface area contributed by atoms with Crippen LogP contribution in [0, 0.1) is 87.3 Å². The normalized spacial score (nSPS) is 15.2. The van der Waals surface area contributed by atoms with E-state index in [0.717, 1.165) is 0 Å². The Morgan fingerprint density at radius 2 is 0.400 bits per heavy atom. The first-order chi connectivity index (χ1) is 20.8. The van der Waals surface area contributed by atoms with E-state index in [0.29, 0.717) is 0 Å². The number of rotatable bonds is 6. The summed E-state index contributed by atoms with van der Waals surface area (Å²) >= 11 is 0. The highest BCUT2D eigenvalue weighted by atomic mass is 19.2. The highest BCUT2D eigenvalue weighted by Crippen LogP contribution is 2.34. The summed E-state index contributed by atoms with van der Waals surface area (Å²) in [5.41, 5.74) is -6.16. The van der Waals surface area contributed by atoms with E-state index >= 15 is 12.9 Å². The van der Waals surface area contributed by atoms with Crippen molar-refractivity contribution in [2.24, 2.45) is 0 Å². The predicted octanol–water partition coefficient (Wildman–Crippen LogP) is 6.46. The molecule has 4 rings (SSSR count). The zero-order valence-electron chi connectivity index (χ0n) is 21.0. The van der Waals surface area contributed by atoms with Crippen LogP contribution in [0.15, 0.2) is 0 Å². The molecule has 0 aromatic heterocycles. The van der Waals surface area contributed by atoms with E-state index < -0.39 is 160 Å². The maximum atomic E-state index is 15.5. The average Bonchev–Trinajstić information content (AvgIpc) is 3.01. The Labute approximate surface area is 239 Å². The lowest BCUT2D eigenvalue weighted by Gasteiger charge is -2.44. The molecule has 24 heteroatoms. The molecule has 1 fully saturated rings. The van der Waals surface area contributed by atoms with E-state index in [1.165, 1.54) is 0 Å². The van der Waals surface area contributed by atoms with Gasteiger partial charge in [-0.05, 0) is 0 Å². The highest BCUT2D eigenvalue weighted by Gasteiger charge is 2.58. The number of nitrogens with zero attached hydrogens (tertiary/aromatic N) is 3. The number of benzene rings is 3. The minimum absolute atomic E-state index is 0.744. The predicted molar refractivity (Wildman–Crippen MR) is 116 cm³/mol. The lowest BCUT2D eigenvalue weighted by molar-refractivity contribution is 0.297. The summed E-state index contributed by atoms with van der Waals surface area (Å²) in [5, 5.41) is 0. The molecule has 1 aliphatic heterocycles. The van der Waals surface area contributed by atoms with Gasteiger partial charge in [0.25, 0.3) is 0 Å². The van der Waals surface area contributed by atoms with Crippen LogP contribution >= 0.6 is 0 Å². The molecule has 0 spiro atoms. The quantitative estimate of drug-likeness (QED) is 0.129. The van der Waals surface area contributed by atoms with Gasteiger partial charge < -0.3 is 0 Å². The fourth-order valence-electron chi connectivity index (χ4n) is 4.24. The SMILES string of the molecule is FB1N(Cc2c(F)c(F)c(F)c(F)c2F)B(F)N(Cc2c(F)c(F)c(F)c(F)c2F)B(F)N1Cc1c(F)c(F)c(F)c(F)c1F. The zero-order chi connectivity index (χ0) is 34.0. The van der Waals surface area contributed by atoms with Crippen LogP contribution in [0.4, 0.5) is 78.8 Å². The monoisotopic (exact) mass is 675 g/mol. The molecule has 0 bridgehead atoms. The molecule has 45 heavy (non-hydrogen) atoms. The van der Waals surface area contributed by atoms with Crippen molar-refractivity contribution >= 4 is 21.8 Å². The van der Waals surface area contributed by atoms with Gasteiger partial charge in [0.2, 0.25) is 17.5 Å². The Morgan fingerprint density at radius 3 is 0.556 bits per heavy atom. The van der Waals surface area contributed by atoms with Crippen LogP contribution in [0.1, 0.15) is 16.7 Å². The van der Waals surface area contributed by atoms with Crippen LogP contribution in [-0.2, 0) is 19.6 Å². The third kappa shape index (κ3) is 5.49. The van der Waals surface area contributed by atoms with Crippen LogP contribution in [-0.4, -0.2) is 35.9 Å². The largest absolute Gasteiger partial charge is 0.505 e. The maximum absolute atomic E-state index is 15.5. The fourth-order valence-corrected chi connectivity index (χ4v) is 4.24. The van der Waals surface area contributed by atoms with Crippen molar-refractivity contribution in [1.82, 2.24) is 14.2 Å². The van der Waals surface area contributed by atoms with Crippen LogP contribution in [0.2, 0.25) is 0 Å². The van der Waals surface area contributed by atoms with Gasteiger partial charge in [-0.3, -0.25) is 27.1 Å². The summed E-state index contributed by atoms with van der Waals surface area (Å²) in [6.07, 6.45) is 0. The third-order valence-electron chi connectivity index (χ3n) is 6.57. The molecular weight excluding hydrogens is 669 g/mol. The van der Waals surface area contributed by atoms with Crippen molar-refractivity contribution in [3.8, 4) is 0 Å². The molecule has 0 N–H and O–H groups in total. The Hall–Kier alpha value is -3.53. The second-order valence-corrected chi connectivity index (χ2v) is 9.09. The van der Waals surface area contributed by atoms with Crippen molar-refractivity contribution in [2.75, 3.05) is 0 Å². The van der Waals surface area contributed by atoms with Gasteiger partial charge in [-0.1, -0.05) is 0 Å². The van der Waals surface area contributed by atoms with E-state index in [-0.39, 0.29) is 0 Å². The number of hydrogen-bond acceptors (Lipinski definition) is 3. The second kappa shape index (κ2) is 12.3. The van der Waals surface area contributed by atoms with Gasteiger partial charge in [0, 0.05) is 36.3 Å². The van der Waals surface area contributed by atoms with Crippen LogP contribution < -0.4 is 0 Å². The summed E-state index contributed by atoms with van der Waals surface area (Å²) in [6.45, 7) is -6.45. The highest BCUT2D eigenvalue weighted by molar-refractivity contribution is 6.79. The summed E-state index contributed by atoms with van der Waals surface area (Å²) in [5.74, 6) is -40.7. The lowest BCUT2D eigenvalue weighted by atomic mass is 9.65. The molecule has 0 amide bonds. The summed E-state index contributed by atoms with van der Waals surface area (Å²) in [6, 6.07) is 0. The Balaban J connectivity index is 1.88. The van der Waals surface area contributed by atoms with Gasteiger partial charge in [-0.15, -0.1) is 0 Å². The van der Waals surface area contributed by atoms with E-state index in [1.54, 1.807) is 0 Å². The molecule has 3 nitrogen and oxygen atoms in total. The van der Waals surface area contributed by atoms with Crippen LogP contribution in [0.5, 0.6) is 0 Å². The second-order valence-electron chi connectivity index (χ2n) is 9.09. The zero-order valence-corrected chi connectivity index (χ0v) is 21.0. The Bertz CT molecular complexity index is 1400. The first-order valence-electron chi connectivity index (χ1n) is 11.5. The van der Waals surface area contributed by atoms with E-state index in [2.05, 4.69) is 0 Å². The first kappa shape index (κ1) is 34.3.